The number of carbonyl (C=O) groups is 1. The Hall–Kier alpha value is -1.39. The number of hydrogen-bond donors (Lipinski definition) is 2. The van der Waals surface area contributed by atoms with E-state index in [9.17, 15) is 4.79 Å². The first-order valence-corrected chi connectivity index (χ1v) is 6.56. The van der Waals surface area contributed by atoms with Crippen LogP contribution in [0, 0.1) is 5.92 Å². The lowest BCUT2D eigenvalue weighted by Crippen LogP contribution is -2.37. The van der Waals surface area contributed by atoms with Crippen molar-refractivity contribution in [2.45, 2.75) is 52.5 Å². The highest BCUT2D eigenvalue weighted by Crippen LogP contribution is 2.25. The Bertz CT molecular complexity index is 341. The molecule has 0 bridgehead atoms. The van der Waals surface area contributed by atoms with Crippen LogP contribution in [0.15, 0.2) is 10.2 Å². The van der Waals surface area contributed by atoms with Crippen LogP contribution in [-0.4, -0.2) is 30.5 Å². The molecule has 1 fully saturated rings. The van der Waals surface area contributed by atoms with Crippen LogP contribution in [0.1, 0.15) is 46.5 Å². The number of nitrogens with one attached hydrogen (secondary N) is 2. The Morgan fingerprint density at radius 3 is 2.17 bits per heavy atom. The van der Waals surface area contributed by atoms with Crippen molar-refractivity contribution in [2.75, 3.05) is 7.05 Å². The standard InChI is InChI=1S/C13H24N4O/c1-9(16-17-10(2)14-4)12-5-7-13(8-6-12)15-11(3)18/h12-13H,5-8H2,1-4H3,(H,14,17)(H,15,18)/b16-9+/t12-,13+. The fourth-order valence-electron chi connectivity index (χ4n) is 2.23. The maximum atomic E-state index is 11.0. The van der Waals surface area contributed by atoms with Crippen molar-refractivity contribution < 1.29 is 4.79 Å². The summed E-state index contributed by atoms with van der Waals surface area (Å²) in [5, 5.41) is 14.3. The first kappa shape index (κ1) is 14.7. The maximum absolute atomic E-state index is 11.0. The van der Waals surface area contributed by atoms with Crippen molar-refractivity contribution >= 4 is 17.5 Å². The third-order valence-electron chi connectivity index (χ3n) is 3.44. The van der Waals surface area contributed by atoms with Crippen LogP contribution in [0.5, 0.6) is 0 Å². The topological polar surface area (TPSA) is 65.8 Å². The minimum absolute atomic E-state index is 0.0677. The van der Waals surface area contributed by atoms with Gasteiger partial charge in [-0.3, -0.25) is 4.79 Å². The molecule has 0 aromatic rings. The molecule has 0 aromatic carbocycles. The van der Waals surface area contributed by atoms with E-state index in [0.717, 1.165) is 37.2 Å². The molecule has 1 aliphatic carbocycles. The number of amides is 1. The van der Waals surface area contributed by atoms with Gasteiger partial charge in [0, 0.05) is 25.7 Å². The maximum Gasteiger partial charge on any atom is 0.217 e. The summed E-state index contributed by atoms with van der Waals surface area (Å²) in [5.41, 5.74) is 1.09. The Morgan fingerprint density at radius 1 is 1.06 bits per heavy atom. The van der Waals surface area contributed by atoms with Gasteiger partial charge in [-0.05, 0) is 45.4 Å². The quantitative estimate of drug-likeness (QED) is 0.456. The Kier molecular flexibility index (Phi) is 5.82. The summed E-state index contributed by atoms with van der Waals surface area (Å²) in [7, 11) is 1.84. The van der Waals surface area contributed by atoms with E-state index in [2.05, 4.69) is 20.8 Å². The molecular formula is C13H24N4O. The molecule has 18 heavy (non-hydrogen) atoms. The molecule has 2 N–H and O–H groups in total. The summed E-state index contributed by atoms with van der Waals surface area (Å²) in [6.07, 6.45) is 4.22. The summed E-state index contributed by atoms with van der Waals surface area (Å²) >= 11 is 0. The molecule has 102 valence electrons. The van der Waals surface area contributed by atoms with Gasteiger partial charge in [0.15, 0.2) is 0 Å². The van der Waals surface area contributed by atoms with Gasteiger partial charge in [0.05, 0.1) is 0 Å². The van der Waals surface area contributed by atoms with E-state index >= 15 is 0 Å². The average Bonchev–Trinajstić information content (AvgIpc) is 2.35. The van der Waals surface area contributed by atoms with Gasteiger partial charge in [-0.15, -0.1) is 5.10 Å². The molecule has 0 atom stereocenters. The molecule has 1 aliphatic rings. The molecule has 0 spiro atoms. The van der Waals surface area contributed by atoms with Crippen molar-refractivity contribution in [2.24, 2.45) is 16.1 Å². The molecule has 1 rings (SSSR count). The molecule has 0 aliphatic heterocycles. The van der Waals surface area contributed by atoms with E-state index in [-0.39, 0.29) is 5.91 Å². The second kappa shape index (κ2) is 7.13. The second-order valence-electron chi connectivity index (χ2n) is 4.93. The summed E-state index contributed by atoms with van der Waals surface area (Å²) < 4.78 is 0. The number of nitrogens with zero attached hydrogens (tertiary/aromatic N) is 2. The predicted molar refractivity (Wildman–Crippen MR) is 74.8 cm³/mol. The van der Waals surface area contributed by atoms with Crippen LogP contribution in [0.25, 0.3) is 0 Å². The van der Waals surface area contributed by atoms with Gasteiger partial charge < -0.3 is 10.6 Å². The van der Waals surface area contributed by atoms with Crippen LogP contribution in [0.2, 0.25) is 0 Å². The lowest BCUT2D eigenvalue weighted by Gasteiger charge is -2.28. The van der Waals surface area contributed by atoms with E-state index in [0.29, 0.717) is 12.0 Å². The number of rotatable bonds is 3. The minimum atomic E-state index is 0.0677. The highest BCUT2D eigenvalue weighted by atomic mass is 16.1. The predicted octanol–water partition coefficient (Wildman–Crippen LogP) is 1.69. The number of hydrogen-bond acceptors (Lipinski definition) is 3. The minimum Gasteiger partial charge on any atom is -0.375 e. The molecule has 0 radical (unpaired) electrons. The molecule has 0 saturated heterocycles. The normalized spacial score (nSPS) is 25.8. The summed E-state index contributed by atoms with van der Waals surface area (Å²) in [6, 6.07) is 0.342. The largest absolute Gasteiger partial charge is 0.375 e. The zero-order chi connectivity index (χ0) is 13.5. The highest BCUT2D eigenvalue weighted by molar-refractivity contribution is 5.86. The summed E-state index contributed by atoms with van der Waals surface area (Å²) in [5.74, 6) is 1.39. The smallest absolute Gasteiger partial charge is 0.217 e. The van der Waals surface area contributed by atoms with E-state index in [1.54, 1.807) is 6.92 Å². The first-order chi connectivity index (χ1) is 8.52. The van der Waals surface area contributed by atoms with Gasteiger partial charge in [-0.1, -0.05) is 0 Å². The molecule has 0 heterocycles. The zero-order valence-corrected chi connectivity index (χ0v) is 11.8. The Morgan fingerprint density at radius 2 is 1.67 bits per heavy atom. The highest BCUT2D eigenvalue weighted by Gasteiger charge is 2.23. The molecule has 1 saturated carbocycles. The Balaban J connectivity index is 2.45. The van der Waals surface area contributed by atoms with Crippen molar-refractivity contribution in [1.82, 2.24) is 10.6 Å². The van der Waals surface area contributed by atoms with Crippen LogP contribution in [-0.2, 0) is 4.79 Å². The van der Waals surface area contributed by atoms with E-state index in [4.69, 9.17) is 0 Å². The van der Waals surface area contributed by atoms with Crippen LogP contribution in [0.3, 0.4) is 0 Å². The van der Waals surface area contributed by atoms with Gasteiger partial charge in [0.1, 0.15) is 5.84 Å². The molecule has 5 heteroatoms. The van der Waals surface area contributed by atoms with Gasteiger partial charge in [0.25, 0.3) is 0 Å². The zero-order valence-electron chi connectivity index (χ0n) is 11.8. The lowest BCUT2D eigenvalue weighted by atomic mass is 9.83. The number of carbonyl (C=O) groups excluding carboxylic acids is 1. The third-order valence-corrected chi connectivity index (χ3v) is 3.44. The molecule has 5 nitrogen and oxygen atoms in total. The van der Waals surface area contributed by atoms with E-state index < -0.39 is 0 Å². The fraction of sp³-hybridized carbons (Fsp3) is 0.769. The number of amidine groups is 1. The monoisotopic (exact) mass is 252 g/mol. The molecule has 1 amide bonds. The van der Waals surface area contributed by atoms with Crippen LogP contribution in [0.4, 0.5) is 0 Å². The van der Waals surface area contributed by atoms with Gasteiger partial charge in [-0.25, -0.2) is 0 Å². The third kappa shape index (κ3) is 4.85. The van der Waals surface area contributed by atoms with Crippen molar-refractivity contribution in [3.8, 4) is 0 Å². The van der Waals surface area contributed by atoms with Crippen molar-refractivity contribution in [1.29, 1.82) is 0 Å². The molecular weight excluding hydrogens is 228 g/mol. The van der Waals surface area contributed by atoms with Gasteiger partial charge >= 0.3 is 0 Å². The van der Waals surface area contributed by atoms with Crippen LogP contribution < -0.4 is 10.6 Å². The summed E-state index contributed by atoms with van der Waals surface area (Å²) in [4.78, 5) is 11.0. The fourth-order valence-corrected chi connectivity index (χ4v) is 2.23. The molecule has 0 aromatic heterocycles. The Labute approximate surface area is 109 Å². The SMILES string of the molecule is CN/C(C)=N\N=C(/C)[C@H]1CC[C@@H](NC(C)=O)CC1. The van der Waals surface area contributed by atoms with Gasteiger partial charge in [0.2, 0.25) is 5.91 Å². The lowest BCUT2D eigenvalue weighted by molar-refractivity contribution is -0.119. The average molecular weight is 252 g/mol. The summed E-state index contributed by atoms with van der Waals surface area (Å²) in [6.45, 7) is 5.51. The second-order valence-corrected chi connectivity index (χ2v) is 4.93. The van der Waals surface area contributed by atoms with Crippen LogP contribution >= 0.6 is 0 Å². The van der Waals surface area contributed by atoms with Crippen molar-refractivity contribution in [3.63, 3.8) is 0 Å². The van der Waals surface area contributed by atoms with E-state index in [1.165, 1.54) is 0 Å². The molecule has 0 unspecified atom stereocenters. The van der Waals surface area contributed by atoms with Crippen molar-refractivity contribution in [3.05, 3.63) is 0 Å². The van der Waals surface area contributed by atoms with Gasteiger partial charge in [-0.2, -0.15) is 5.10 Å². The van der Waals surface area contributed by atoms with E-state index in [1.807, 2.05) is 20.9 Å². The first-order valence-electron chi connectivity index (χ1n) is 6.56.